The smallest absolute Gasteiger partial charge is 0.319 e. The summed E-state index contributed by atoms with van der Waals surface area (Å²) in [5.41, 5.74) is 3.35. The number of nitrogens with two attached hydrogens (primary N) is 1. The van der Waals surface area contributed by atoms with Crippen LogP contribution in [0.5, 0.6) is 11.8 Å². The first-order valence-corrected chi connectivity index (χ1v) is 15.3. The number of halogens is 5. The van der Waals surface area contributed by atoms with Crippen molar-refractivity contribution < 1.29 is 38.3 Å². The van der Waals surface area contributed by atoms with Crippen molar-refractivity contribution in [1.29, 1.82) is 0 Å². The van der Waals surface area contributed by atoms with Crippen LogP contribution in [0, 0.1) is 23.4 Å². The van der Waals surface area contributed by atoms with Crippen molar-refractivity contribution in [2.75, 3.05) is 43.9 Å². The first-order valence-electron chi connectivity index (χ1n) is 17.8. The monoisotopic (exact) mass is 645 g/mol. The molecule has 8 rings (SSSR count). The van der Waals surface area contributed by atoms with Gasteiger partial charge >= 0.3 is 6.01 Å². The van der Waals surface area contributed by atoms with Crippen molar-refractivity contribution in [3.05, 3.63) is 41.8 Å². The Morgan fingerprint density at radius 1 is 1.09 bits per heavy atom. The fourth-order valence-corrected chi connectivity index (χ4v) is 7.74. The summed E-state index contributed by atoms with van der Waals surface area (Å²) in [4.78, 5) is 16.5. The fourth-order valence-electron chi connectivity index (χ4n) is 7.74. The lowest BCUT2D eigenvalue weighted by molar-refractivity contribution is 0.107. The van der Waals surface area contributed by atoms with Gasteiger partial charge in [0.2, 0.25) is 0 Å². The molecule has 1 aliphatic carbocycles. The van der Waals surface area contributed by atoms with E-state index in [1.165, 1.54) is 6.20 Å². The molecule has 3 aliphatic heterocycles. The van der Waals surface area contributed by atoms with Crippen molar-refractivity contribution >= 4 is 33.2 Å². The van der Waals surface area contributed by atoms with Gasteiger partial charge in [-0.1, -0.05) is 6.42 Å². The molecule has 0 amide bonds. The van der Waals surface area contributed by atoms with Crippen molar-refractivity contribution in [1.82, 2.24) is 19.9 Å². The first-order chi connectivity index (χ1) is 24.1. The normalized spacial score (nSPS) is 29.8. The minimum absolute atomic E-state index is 0.0267. The number of ether oxygens (including phenoxy) is 2. The van der Waals surface area contributed by atoms with E-state index in [4.69, 9.17) is 22.1 Å². The second-order valence-corrected chi connectivity index (χ2v) is 12.7. The first kappa shape index (κ1) is 24.2. The molecule has 46 heavy (non-hydrogen) atoms. The summed E-state index contributed by atoms with van der Waals surface area (Å²) < 4.78 is 129. The van der Waals surface area contributed by atoms with Crippen LogP contribution in [0.4, 0.5) is 33.5 Å². The van der Waals surface area contributed by atoms with E-state index in [0.717, 1.165) is 18.6 Å². The number of methoxy groups -OCH3 is 1. The summed E-state index contributed by atoms with van der Waals surface area (Å²) in [6, 6.07) is 1.54. The molecular weight excluding hydrogens is 607 g/mol. The maximum Gasteiger partial charge on any atom is 0.319 e. The van der Waals surface area contributed by atoms with E-state index < -0.39 is 83.3 Å². The van der Waals surface area contributed by atoms with Crippen LogP contribution in [-0.4, -0.2) is 77.0 Å². The standard InChI is InChI=1S/C33H33F5N6O2/c1-45-30-23(36)11-22(35)19-9-17(39)10-20(24(19)30)27-26(38)28-21(13-40-27)31(44-8-3-2-5-18-25(37)29(18)44)42-32(41-28)46-15-33-6-4-7-43(33)14-16(34)12-33/h9-11,13,16,18,25,29H,2-8,12,14-15,39H2,1H3/t16-,18+,25+,29+,33+/m1/s1/i1D3,15D2. The van der Waals surface area contributed by atoms with Gasteiger partial charge in [-0.05, 0) is 44.4 Å². The van der Waals surface area contributed by atoms with Gasteiger partial charge in [-0.15, -0.1) is 0 Å². The van der Waals surface area contributed by atoms with Gasteiger partial charge in [0.05, 0.1) is 30.9 Å². The number of hydrogen-bond acceptors (Lipinski definition) is 8. The number of benzene rings is 2. The van der Waals surface area contributed by atoms with Crippen LogP contribution < -0.4 is 20.1 Å². The molecule has 4 aliphatic rings. The molecule has 13 heteroatoms. The van der Waals surface area contributed by atoms with Gasteiger partial charge in [0, 0.05) is 59.7 Å². The molecule has 0 unspecified atom stereocenters. The maximum atomic E-state index is 17.0. The Labute approximate surface area is 268 Å². The highest BCUT2D eigenvalue weighted by Gasteiger charge is 2.56. The molecule has 1 saturated carbocycles. The second-order valence-electron chi connectivity index (χ2n) is 12.7. The largest absolute Gasteiger partial charge is 0.493 e. The minimum Gasteiger partial charge on any atom is -0.493 e. The molecule has 5 heterocycles. The maximum absolute atomic E-state index is 17.0. The van der Waals surface area contributed by atoms with Gasteiger partial charge in [-0.3, -0.25) is 9.88 Å². The molecule has 0 spiro atoms. The summed E-state index contributed by atoms with van der Waals surface area (Å²) in [5.74, 6) is -4.77. The number of nitrogens with zero attached hydrogens (tertiary/aromatic N) is 5. The third-order valence-corrected chi connectivity index (χ3v) is 9.90. The summed E-state index contributed by atoms with van der Waals surface area (Å²) in [6.45, 7) is -1.69. The molecule has 4 fully saturated rings. The molecule has 0 bridgehead atoms. The van der Waals surface area contributed by atoms with Crippen molar-refractivity contribution in [3.63, 3.8) is 0 Å². The molecule has 242 valence electrons. The zero-order chi connectivity index (χ0) is 36.2. The molecule has 2 aromatic heterocycles. The lowest BCUT2D eigenvalue weighted by Gasteiger charge is -2.31. The Balaban J connectivity index is 1.33. The van der Waals surface area contributed by atoms with Gasteiger partial charge < -0.3 is 20.1 Å². The Morgan fingerprint density at radius 2 is 1.96 bits per heavy atom. The highest BCUT2D eigenvalue weighted by Crippen LogP contribution is 2.48. The highest BCUT2D eigenvalue weighted by atomic mass is 19.1. The van der Waals surface area contributed by atoms with E-state index in [9.17, 15) is 4.39 Å². The quantitative estimate of drug-likeness (QED) is 0.198. The van der Waals surface area contributed by atoms with Crippen LogP contribution in [-0.2, 0) is 0 Å². The van der Waals surface area contributed by atoms with Crippen LogP contribution in [0.3, 0.4) is 0 Å². The lowest BCUT2D eigenvalue weighted by Crippen LogP contribution is -2.43. The van der Waals surface area contributed by atoms with E-state index in [1.807, 2.05) is 0 Å². The van der Waals surface area contributed by atoms with Gasteiger partial charge in [-0.25, -0.2) is 22.0 Å². The summed E-state index contributed by atoms with van der Waals surface area (Å²) in [7, 11) is -3.18. The average Bonchev–Trinajstić information content (AvgIpc) is 3.40. The zero-order valence-corrected chi connectivity index (χ0v) is 24.5. The number of anilines is 2. The number of aromatic nitrogens is 3. The predicted octanol–water partition coefficient (Wildman–Crippen LogP) is 6.14. The average molecular weight is 646 g/mol. The van der Waals surface area contributed by atoms with E-state index >= 15 is 17.6 Å². The minimum atomic E-state index is -3.18. The molecule has 3 saturated heterocycles. The van der Waals surface area contributed by atoms with E-state index in [0.29, 0.717) is 44.8 Å². The van der Waals surface area contributed by atoms with E-state index in [1.54, 1.807) is 9.80 Å². The van der Waals surface area contributed by atoms with Crippen LogP contribution in [0.25, 0.3) is 32.9 Å². The molecule has 8 nitrogen and oxygen atoms in total. The highest BCUT2D eigenvalue weighted by molar-refractivity contribution is 6.04. The van der Waals surface area contributed by atoms with Crippen molar-refractivity contribution in [2.24, 2.45) is 5.92 Å². The van der Waals surface area contributed by atoms with Crippen LogP contribution in [0.1, 0.15) is 45.4 Å². The number of hydrogen-bond donors (Lipinski definition) is 1. The third kappa shape index (κ3) is 4.52. The molecule has 5 atom stereocenters. The lowest BCUT2D eigenvalue weighted by atomic mass is 9.95. The van der Waals surface area contributed by atoms with E-state index in [2.05, 4.69) is 15.0 Å². The number of pyridine rings is 1. The SMILES string of the molecule is [2H]C([2H])([2H])Oc1c(F)cc(F)c2cc(N)cc(-c3ncc4c(N5CCCC[C@H]6[C@H](F)[C@H]65)nc(OC([2H])([2H])[C@@]56CCCN5C[C@H](F)C6)nc4c3F)c12. The second kappa shape index (κ2) is 10.8. The molecular formula is C33H33F5N6O2. The number of fused-ring (bicyclic) bond motifs is 4. The zero-order valence-electron chi connectivity index (χ0n) is 29.5. The van der Waals surface area contributed by atoms with Gasteiger partial charge in [-0.2, -0.15) is 9.97 Å². The van der Waals surface area contributed by atoms with Crippen molar-refractivity contribution in [2.45, 2.75) is 62.4 Å². The number of rotatable bonds is 6. The summed E-state index contributed by atoms with van der Waals surface area (Å²) in [5, 5.41) is -0.797. The summed E-state index contributed by atoms with van der Waals surface area (Å²) in [6.07, 6.45) is 1.61. The van der Waals surface area contributed by atoms with Crippen LogP contribution in [0.2, 0.25) is 0 Å². The van der Waals surface area contributed by atoms with Gasteiger partial charge in [0.15, 0.2) is 17.4 Å². The Morgan fingerprint density at radius 3 is 2.80 bits per heavy atom. The fraction of sp³-hybridized carbons (Fsp3) is 0.485. The molecule has 0 radical (unpaired) electrons. The summed E-state index contributed by atoms with van der Waals surface area (Å²) >= 11 is 0. The number of alkyl halides is 2. The van der Waals surface area contributed by atoms with Gasteiger partial charge in [0.25, 0.3) is 0 Å². The topological polar surface area (TPSA) is 89.6 Å². The number of nitrogen functional groups attached to an aromatic ring is 1. The Hall–Kier alpha value is -4.00. The van der Waals surface area contributed by atoms with Crippen LogP contribution in [0.15, 0.2) is 24.4 Å². The Bertz CT molecular complexity index is 2080. The van der Waals surface area contributed by atoms with Gasteiger partial charge in [0.1, 0.15) is 41.7 Å². The van der Waals surface area contributed by atoms with Crippen LogP contribution >= 0.6 is 0 Å². The molecule has 2 N–H and O–H groups in total. The van der Waals surface area contributed by atoms with Crippen molar-refractivity contribution in [3.8, 4) is 23.0 Å². The molecule has 4 aromatic rings. The predicted molar refractivity (Wildman–Crippen MR) is 163 cm³/mol. The van der Waals surface area contributed by atoms with E-state index in [-0.39, 0.29) is 46.7 Å². The molecule has 2 aromatic carbocycles. The third-order valence-electron chi connectivity index (χ3n) is 9.90. The Kier molecular flexibility index (Phi) is 5.68.